The summed E-state index contributed by atoms with van der Waals surface area (Å²) in [4.78, 5) is 0. The summed E-state index contributed by atoms with van der Waals surface area (Å²) in [6, 6.07) is 8.07. The maximum atomic E-state index is 7.70. The summed E-state index contributed by atoms with van der Waals surface area (Å²) in [5.41, 5.74) is 10.1. The Labute approximate surface area is 68.2 Å². The second-order valence-corrected chi connectivity index (χ2v) is 2.82. The van der Waals surface area contributed by atoms with Crippen molar-refractivity contribution in [3.05, 3.63) is 35.4 Å². The van der Waals surface area contributed by atoms with Crippen LogP contribution >= 0.6 is 0 Å². The highest BCUT2D eigenvalue weighted by molar-refractivity contribution is 5.27. The molecule has 11 heavy (non-hydrogen) atoms. The van der Waals surface area contributed by atoms with Crippen LogP contribution in [0.3, 0.4) is 0 Å². The first kappa shape index (κ1) is 8.28. The molecule has 1 nitrogen and oxygen atoms in total. The van der Waals surface area contributed by atoms with Gasteiger partial charge in [-0.2, -0.15) is 0 Å². The topological polar surface area (TPSA) is 23.8 Å². The Morgan fingerprint density at radius 2 is 2.00 bits per heavy atom. The van der Waals surface area contributed by atoms with E-state index in [1.54, 1.807) is 0 Å². The molecule has 0 bridgehead atoms. The molecule has 1 heteroatoms. The van der Waals surface area contributed by atoms with Crippen LogP contribution in [0.25, 0.3) is 0 Å². The van der Waals surface area contributed by atoms with Gasteiger partial charge in [-0.15, -0.1) is 0 Å². The Kier molecular flexibility index (Phi) is 2.66. The lowest BCUT2D eigenvalue weighted by atomic mass is 10.0. The Morgan fingerprint density at radius 3 is 2.55 bits per heavy atom. The zero-order chi connectivity index (χ0) is 8.27. The van der Waals surface area contributed by atoms with E-state index in [4.69, 9.17) is 5.73 Å². The van der Waals surface area contributed by atoms with Crippen molar-refractivity contribution in [1.29, 1.82) is 0 Å². The number of aryl methyl sites for hydroxylation is 1. The molecule has 1 aromatic rings. The third kappa shape index (κ3) is 1.81. The molecule has 0 fully saturated rings. The van der Waals surface area contributed by atoms with E-state index in [-0.39, 0.29) is 6.04 Å². The molecule has 0 heterocycles. The Bertz CT molecular complexity index is 230. The van der Waals surface area contributed by atoms with Crippen LogP contribution in [-0.2, 0) is 0 Å². The van der Waals surface area contributed by atoms with Crippen molar-refractivity contribution in [3.8, 4) is 0 Å². The molecule has 0 saturated heterocycles. The highest BCUT2D eigenvalue weighted by atomic mass is 14.6. The van der Waals surface area contributed by atoms with Crippen molar-refractivity contribution in [2.24, 2.45) is 0 Å². The molecule has 1 rings (SSSR count). The van der Waals surface area contributed by atoms with E-state index in [2.05, 4.69) is 13.0 Å². The molecule has 1 aromatic carbocycles. The molecular weight excluding hydrogens is 134 g/mol. The first-order valence-electron chi connectivity index (χ1n) is 4.02. The van der Waals surface area contributed by atoms with E-state index >= 15 is 0 Å². The largest absolute Gasteiger partial charge is 0.250 e. The molecule has 1 unspecified atom stereocenters. The first-order valence-corrected chi connectivity index (χ1v) is 4.02. The third-order valence-corrected chi connectivity index (χ3v) is 1.97. The van der Waals surface area contributed by atoms with E-state index in [0.29, 0.717) is 0 Å². The predicted molar refractivity (Wildman–Crippen MR) is 47.3 cm³/mol. The van der Waals surface area contributed by atoms with Crippen molar-refractivity contribution >= 4 is 0 Å². The SMILES string of the molecule is CCC([NH])c1ccccc1C. The fourth-order valence-electron chi connectivity index (χ4n) is 1.20. The van der Waals surface area contributed by atoms with Crippen LogP contribution in [0.1, 0.15) is 30.5 Å². The van der Waals surface area contributed by atoms with Gasteiger partial charge in [-0.3, -0.25) is 0 Å². The number of rotatable bonds is 2. The van der Waals surface area contributed by atoms with Gasteiger partial charge in [0.15, 0.2) is 0 Å². The predicted octanol–water partition coefficient (Wildman–Crippen LogP) is 2.73. The van der Waals surface area contributed by atoms with Crippen molar-refractivity contribution in [2.45, 2.75) is 26.3 Å². The molecule has 0 aliphatic carbocycles. The maximum absolute atomic E-state index is 7.70. The molecule has 1 atom stereocenters. The number of hydrogen-bond donors (Lipinski definition) is 0. The van der Waals surface area contributed by atoms with Crippen LogP contribution < -0.4 is 5.73 Å². The quantitative estimate of drug-likeness (QED) is 0.615. The van der Waals surface area contributed by atoms with Gasteiger partial charge in [0.2, 0.25) is 0 Å². The fraction of sp³-hybridized carbons (Fsp3) is 0.400. The average Bonchev–Trinajstić information content (AvgIpc) is 2.04. The second-order valence-electron chi connectivity index (χ2n) is 2.82. The Morgan fingerprint density at radius 1 is 1.36 bits per heavy atom. The van der Waals surface area contributed by atoms with Crippen LogP contribution in [-0.4, -0.2) is 0 Å². The van der Waals surface area contributed by atoms with Gasteiger partial charge in [0.1, 0.15) is 0 Å². The normalized spacial score (nSPS) is 13.0. The first-order chi connectivity index (χ1) is 5.25. The lowest BCUT2D eigenvalue weighted by molar-refractivity contribution is 0.672. The van der Waals surface area contributed by atoms with Crippen molar-refractivity contribution in [3.63, 3.8) is 0 Å². The Hall–Kier alpha value is -0.820. The summed E-state index contributed by atoms with van der Waals surface area (Å²) < 4.78 is 0. The van der Waals surface area contributed by atoms with E-state index in [1.807, 2.05) is 25.1 Å². The summed E-state index contributed by atoms with van der Waals surface area (Å²) in [7, 11) is 0. The van der Waals surface area contributed by atoms with Crippen LogP contribution in [0.5, 0.6) is 0 Å². The summed E-state index contributed by atoms with van der Waals surface area (Å²) in [6.45, 7) is 4.11. The Balaban J connectivity index is 2.93. The summed E-state index contributed by atoms with van der Waals surface area (Å²) in [6.07, 6.45) is 0.894. The van der Waals surface area contributed by atoms with Gasteiger partial charge in [0.05, 0.1) is 0 Å². The van der Waals surface area contributed by atoms with E-state index in [1.165, 1.54) is 5.56 Å². The van der Waals surface area contributed by atoms with Gasteiger partial charge in [-0.05, 0) is 24.5 Å². The fourth-order valence-corrected chi connectivity index (χ4v) is 1.20. The highest BCUT2D eigenvalue weighted by Crippen LogP contribution is 2.18. The van der Waals surface area contributed by atoms with Gasteiger partial charge in [-0.1, -0.05) is 31.2 Å². The van der Waals surface area contributed by atoms with Gasteiger partial charge in [0, 0.05) is 6.04 Å². The van der Waals surface area contributed by atoms with Crippen molar-refractivity contribution in [1.82, 2.24) is 5.73 Å². The summed E-state index contributed by atoms with van der Waals surface area (Å²) in [5, 5.41) is 0. The molecule has 0 saturated carbocycles. The van der Waals surface area contributed by atoms with Gasteiger partial charge < -0.3 is 0 Å². The summed E-state index contributed by atoms with van der Waals surface area (Å²) >= 11 is 0. The minimum Gasteiger partial charge on any atom is -0.250 e. The molecule has 0 aromatic heterocycles. The van der Waals surface area contributed by atoms with Crippen LogP contribution in [0.15, 0.2) is 24.3 Å². The maximum Gasteiger partial charge on any atom is 0.0462 e. The highest BCUT2D eigenvalue weighted by Gasteiger charge is 2.04. The van der Waals surface area contributed by atoms with Crippen molar-refractivity contribution < 1.29 is 0 Å². The lowest BCUT2D eigenvalue weighted by Gasteiger charge is -2.10. The number of hydrogen-bond acceptors (Lipinski definition) is 0. The van der Waals surface area contributed by atoms with Gasteiger partial charge in [0.25, 0.3) is 0 Å². The average molecular weight is 148 g/mol. The molecular formula is C10H14N. The molecule has 1 radical (unpaired) electrons. The molecule has 0 aliphatic rings. The van der Waals surface area contributed by atoms with E-state index in [9.17, 15) is 0 Å². The van der Waals surface area contributed by atoms with E-state index < -0.39 is 0 Å². The van der Waals surface area contributed by atoms with Gasteiger partial charge >= 0.3 is 0 Å². The number of nitrogens with one attached hydrogen (secondary N) is 1. The monoisotopic (exact) mass is 148 g/mol. The third-order valence-electron chi connectivity index (χ3n) is 1.97. The lowest BCUT2D eigenvalue weighted by Crippen LogP contribution is -1.99. The zero-order valence-electron chi connectivity index (χ0n) is 7.09. The molecule has 0 amide bonds. The molecule has 0 aliphatic heterocycles. The summed E-state index contributed by atoms with van der Waals surface area (Å²) in [5.74, 6) is 0. The molecule has 1 N–H and O–H groups in total. The second kappa shape index (κ2) is 3.54. The number of benzene rings is 1. The van der Waals surface area contributed by atoms with Crippen molar-refractivity contribution in [2.75, 3.05) is 0 Å². The zero-order valence-corrected chi connectivity index (χ0v) is 7.09. The molecule has 0 spiro atoms. The van der Waals surface area contributed by atoms with Crippen LogP contribution in [0.2, 0.25) is 0 Å². The standard InChI is InChI=1S/C10H14N/c1-3-10(11)9-7-5-4-6-8(9)2/h4-7,10-11H,3H2,1-2H3. The molecule has 59 valence electrons. The van der Waals surface area contributed by atoms with Crippen LogP contribution in [0.4, 0.5) is 0 Å². The van der Waals surface area contributed by atoms with Crippen LogP contribution in [0, 0.1) is 6.92 Å². The smallest absolute Gasteiger partial charge is 0.0462 e. The van der Waals surface area contributed by atoms with Gasteiger partial charge in [-0.25, -0.2) is 5.73 Å². The minimum absolute atomic E-state index is 0.0452. The van der Waals surface area contributed by atoms with E-state index in [0.717, 1.165) is 12.0 Å². The minimum atomic E-state index is -0.0452.